The molecule has 0 saturated carbocycles. The minimum atomic E-state index is 0.526. The molecule has 0 aliphatic carbocycles. The predicted molar refractivity (Wildman–Crippen MR) is 77.3 cm³/mol. The number of hydrogen-bond donors (Lipinski definition) is 1. The number of imidazole rings is 1. The fraction of sp³-hybridized carbons (Fsp3) is 0.667. The van der Waals surface area contributed by atoms with Crippen molar-refractivity contribution in [2.24, 2.45) is 0 Å². The molecule has 0 saturated heterocycles. The molecule has 100 valence electrons. The molecule has 0 fully saturated rings. The first-order chi connectivity index (χ1) is 8.74. The third-order valence-corrected chi connectivity index (χ3v) is 3.24. The van der Waals surface area contributed by atoms with Gasteiger partial charge in [-0.3, -0.25) is 0 Å². The van der Waals surface area contributed by atoms with E-state index in [2.05, 4.69) is 24.8 Å². The quantitative estimate of drug-likeness (QED) is 0.566. The predicted octanol–water partition coefficient (Wildman–Crippen LogP) is 3.17. The highest BCUT2D eigenvalue weighted by Crippen LogP contribution is 2.18. The lowest BCUT2D eigenvalue weighted by atomic mass is 10.1. The number of aryl methyl sites for hydroxylation is 2. The molecule has 1 aromatic heterocycles. The van der Waals surface area contributed by atoms with Crippen molar-refractivity contribution in [3.05, 3.63) is 11.5 Å². The Morgan fingerprint density at radius 3 is 2.56 bits per heavy atom. The van der Waals surface area contributed by atoms with Gasteiger partial charge in [0.05, 0.1) is 12.2 Å². The number of nitrogen functional groups attached to an aromatic ring is 1. The van der Waals surface area contributed by atoms with Crippen LogP contribution in [0.15, 0.2) is 0 Å². The van der Waals surface area contributed by atoms with Crippen molar-refractivity contribution in [1.29, 1.82) is 0 Å². The molecular weight excluding hydrogens is 222 g/mol. The summed E-state index contributed by atoms with van der Waals surface area (Å²) in [6, 6.07) is 0. The van der Waals surface area contributed by atoms with Gasteiger partial charge >= 0.3 is 0 Å². The van der Waals surface area contributed by atoms with Crippen molar-refractivity contribution in [3.8, 4) is 12.3 Å². The average Bonchev–Trinajstić information content (AvgIpc) is 2.67. The van der Waals surface area contributed by atoms with Gasteiger partial charge in [-0.2, -0.15) is 0 Å². The normalized spacial score (nSPS) is 10.5. The third-order valence-electron chi connectivity index (χ3n) is 3.24. The van der Waals surface area contributed by atoms with Crippen molar-refractivity contribution in [2.75, 3.05) is 5.73 Å². The number of nitrogens with two attached hydrogens (primary N) is 1. The number of terminal acetylenes is 1. The molecular formula is C15H25N3. The molecule has 0 radical (unpaired) electrons. The standard InChI is InChI=1S/C15H25N3/c1-4-7-8-9-10-11-13-15(16)18(12-5-2)14(6-3)17-13/h2H,4,6-12,16H2,1,3H3. The van der Waals surface area contributed by atoms with Crippen LogP contribution in [-0.2, 0) is 19.4 Å². The van der Waals surface area contributed by atoms with E-state index in [1.54, 1.807) is 0 Å². The molecule has 0 unspecified atom stereocenters. The van der Waals surface area contributed by atoms with Crippen molar-refractivity contribution >= 4 is 5.82 Å². The maximum Gasteiger partial charge on any atom is 0.127 e. The van der Waals surface area contributed by atoms with Crippen LogP contribution in [0.2, 0.25) is 0 Å². The molecule has 1 aromatic rings. The molecule has 0 spiro atoms. The van der Waals surface area contributed by atoms with Gasteiger partial charge in [0.1, 0.15) is 11.6 Å². The summed E-state index contributed by atoms with van der Waals surface area (Å²) in [6.45, 7) is 4.84. The zero-order valence-corrected chi connectivity index (χ0v) is 11.7. The molecule has 0 aliphatic rings. The van der Waals surface area contributed by atoms with Crippen LogP contribution in [0.1, 0.15) is 57.5 Å². The Balaban J connectivity index is 2.58. The van der Waals surface area contributed by atoms with Gasteiger partial charge in [-0.15, -0.1) is 6.42 Å². The van der Waals surface area contributed by atoms with Crippen LogP contribution in [0.3, 0.4) is 0 Å². The summed E-state index contributed by atoms with van der Waals surface area (Å²) in [5, 5.41) is 0. The summed E-state index contributed by atoms with van der Waals surface area (Å²) in [7, 11) is 0. The summed E-state index contributed by atoms with van der Waals surface area (Å²) in [5.41, 5.74) is 7.14. The molecule has 1 rings (SSSR count). The first-order valence-electron chi connectivity index (χ1n) is 7.01. The molecule has 3 heteroatoms. The zero-order valence-electron chi connectivity index (χ0n) is 11.7. The van der Waals surface area contributed by atoms with Gasteiger partial charge in [0.15, 0.2) is 0 Å². The van der Waals surface area contributed by atoms with Gasteiger partial charge in [-0.25, -0.2) is 4.98 Å². The van der Waals surface area contributed by atoms with Crippen LogP contribution in [0, 0.1) is 12.3 Å². The van der Waals surface area contributed by atoms with Gasteiger partial charge in [0.2, 0.25) is 0 Å². The van der Waals surface area contributed by atoms with E-state index >= 15 is 0 Å². The second-order valence-corrected chi connectivity index (χ2v) is 4.67. The summed E-state index contributed by atoms with van der Waals surface area (Å²) in [5.74, 6) is 4.41. The molecule has 18 heavy (non-hydrogen) atoms. The molecule has 3 nitrogen and oxygen atoms in total. The minimum Gasteiger partial charge on any atom is -0.384 e. The van der Waals surface area contributed by atoms with Gasteiger partial charge < -0.3 is 10.3 Å². The number of rotatable bonds is 8. The van der Waals surface area contributed by atoms with E-state index < -0.39 is 0 Å². The fourth-order valence-electron chi connectivity index (χ4n) is 2.19. The Kier molecular flexibility index (Phi) is 6.35. The Bertz CT molecular complexity index is 399. The molecule has 0 amide bonds. The van der Waals surface area contributed by atoms with Crippen molar-refractivity contribution < 1.29 is 0 Å². The summed E-state index contributed by atoms with van der Waals surface area (Å²) < 4.78 is 1.96. The van der Waals surface area contributed by atoms with Gasteiger partial charge in [-0.05, 0) is 12.8 Å². The molecule has 0 aromatic carbocycles. The lowest BCUT2D eigenvalue weighted by molar-refractivity contribution is 0.629. The summed E-state index contributed by atoms with van der Waals surface area (Å²) >= 11 is 0. The third kappa shape index (κ3) is 3.80. The zero-order chi connectivity index (χ0) is 13.4. The number of hydrogen-bond acceptors (Lipinski definition) is 2. The molecule has 2 N–H and O–H groups in total. The van der Waals surface area contributed by atoms with E-state index in [1.165, 1.54) is 32.1 Å². The molecule has 0 atom stereocenters. The summed E-state index contributed by atoms with van der Waals surface area (Å²) in [6.07, 6.45) is 13.5. The van der Waals surface area contributed by atoms with E-state index in [0.717, 1.165) is 30.2 Å². The monoisotopic (exact) mass is 247 g/mol. The molecule has 1 heterocycles. The lowest BCUT2D eigenvalue weighted by Crippen LogP contribution is -2.05. The number of anilines is 1. The maximum absolute atomic E-state index is 6.11. The maximum atomic E-state index is 6.11. The Morgan fingerprint density at radius 2 is 1.94 bits per heavy atom. The van der Waals surface area contributed by atoms with E-state index in [1.807, 2.05) is 4.57 Å². The second kappa shape index (κ2) is 7.81. The molecule has 0 aliphatic heterocycles. The minimum absolute atomic E-state index is 0.526. The smallest absolute Gasteiger partial charge is 0.127 e. The van der Waals surface area contributed by atoms with Crippen LogP contribution in [0.5, 0.6) is 0 Å². The van der Waals surface area contributed by atoms with Gasteiger partial charge in [0.25, 0.3) is 0 Å². The van der Waals surface area contributed by atoms with E-state index in [4.69, 9.17) is 12.2 Å². The van der Waals surface area contributed by atoms with Crippen LogP contribution in [0.4, 0.5) is 5.82 Å². The van der Waals surface area contributed by atoms with Crippen LogP contribution in [-0.4, -0.2) is 9.55 Å². The topological polar surface area (TPSA) is 43.8 Å². The van der Waals surface area contributed by atoms with E-state index in [9.17, 15) is 0 Å². The average molecular weight is 247 g/mol. The summed E-state index contributed by atoms with van der Waals surface area (Å²) in [4.78, 5) is 4.61. The Hall–Kier alpha value is -1.43. The largest absolute Gasteiger partial charge is 0.384 e. The Morgan fingerprint density at radius 1 is 1.22 bits per heavy atom. The highest BCUT2D eigenvalue weighted by Gasteiger charge is 2.12. The highest BCUT2D eigenvalue weighted by atomic mass is 15.1. The van der Waals surface area contributed by atoms with Crippen molar-refractivity contribution in [3.63, 3.8) is 0 Å². The molecule has 0 bridgehead atoms. The first-order valence-corrected chi connectivity index (χ1v) is 7.01. The van der Waals surface area contributed by atoms with Crippen molar-refractivity contribution in [1.82, 2.24) is 9.55 Å². The number of nitrogens with zero attached hydrogens (tertiary/aromatic N) is 2. The van der Waals surface area contributed by atoms with Crippen LogP contribution < -0.4 is 5.73 Å². The first kappa shape index (κ1) is 14.6. The Labute approximate surface area is 111 Å². The van der Waals surface area contributed by atoms with Crippen molar-refractivity contribution in [2.45, 2.75) is 65.3 Å². The second-order valence-electron chi connectivity index (χ2n) is 4.67. The SMILES string of the molecule is C#CCn1c(CC)nc(CCCCCCC)c1N. The van der Waals surface area contributed by atoms with Gasteiger partial charge in [0, 0.05) is 6.42 Å². The highest BCUT2D eigenvalue weighted by molar-refractivity contribution is 5.39. The van der Waals surface area contributed by atoms with Gasteiger partial charge in [-0.1, -0.05) is 45.5 Å². The van der Waals surface area contributed by atoms with E-state index in [0.29, 0.717) is 6.54 Å². The van der Waals surface area contributed by atoms with E-state index in [-0.39, 0.29) is 0 Å². The number of aromatic nitrogens is 2. The fourth-order valence-corrected chi connectivity index (χ4v) is 2.19. The number of unbranched alkanes of at least 4 members (excludes halogenated alkanes) is 4. The van der Waals surface area contributed by atoms with Crippen LogP contribution in [0.25, 0.3) is 0 Å². The lowest BCUT2D eigenvalue weighted by Gasteiger charge is -2.04. The van der Waals surface area contributed by atoms with Crippen LogP contribution >= 0.6 is 0 Å².